The molecule has 0 aromatic heterocycles. The number of carboxylic acid groups (broad SMARTS) is 1. The zero-order valence-corrected chi connectivity index (χ0v) is 16.5. The van der Waals surface area contributed by atoms with E-state index in [-0.39, 0.29) is 24.8 Å². The third kappa shape index (κ3) is 4.51. The number of hydrogen-bond donors (Lipinski definition) is 0. The molecule has 0 fully saturated rings. The summed E-state index contributed by atoms with van der Waals surface area (Å²) in [6, 6.07) is 14.9. The molecule has 0 saturated carbocycles. The van der Waals surface area contributed by atoms with Crippen LogP contribution in [-0.4, -0.2) is 36.7 Å². The van der Waals surface area contributed by atoms with E-state index in [0.717, 1.165) is 22.5 Å². The van der Waals surface area contributed by atoms with Crippen LogP contribution < -0.4 is 10.0 Å². The summed E-state index contributed by atoms with van der Waals surface area (Å²) >= 11 is 5.96. The van der Waals surface area contributed by atoms with E-state index in [2.05, 4.69) is 5.10 Å². The molecule has 1 aliphatic rings. The Hall–Kier alpha value is -2.86. The van der Waals surface area contributed by atoms with Crippen molar-refractivity contribution >= 4 is 34.9 Å². The van der Waals surface area contributed by atoms with Crippen LogP contribution in [-0.2, 0) is 9.59 Å². The van der Waals surface area contributed by atoms with Gasteiger partial charge in [0.05, 0.1) is 11.8 Å². The predicted octanol–water partition coefficient (Wildman–Crippen LogP) is 2.61. The molecule has 0 aliphatic carbocycles. The summed E-state index contributed by atoms with van der Waals surface area (Å²) in [5.74, 6) is -1.59. The monoisotopic (exact) mass is 398 g/mol. The topological polar surface area (TPSA) is 76.0 Å². The second kappa shape index (κ2) is 8.44. The lowest BCUT2D eigenvalue weighted by Gasteiger charge is -2.23. The summed E-state index contributed by atoms with van der Waals surface area (Å²) in [5.41, 5.74) is 3.64. The quantitative estimate of drug-likeness (QED) is 0.749. The molecular weight excluding hydrogens is 378 g/mol. The van der Waals surface area contributed by atoms with E-state index in [0.29, 0.717) is 11.4 Å². The van der Waals surface area contributed by atoms with Gasteiger partial charge >= 0.3 is 0 Å². The first-order valence-corrected chi connectivity index (χ1v) is 9.35. The third-order valence-electron chi connectivity index (χ3n) is 4.68. The van der Waals surface area contributed by atoms with Gasteiger partial charge < -0.3 is 14.8 Å². The largest absolute Gasteiger partial charge is 0.550 e. The van der Waals surface area contributed by atoms with Crippen LogP contribution in [0.2, 0.25) is 5.02 Å². The summed E-state index contributed by atoms with van der Waals surface area (Å²) in [6.45, 7) is 0. The van der Waals surface area contributed by atoms with Crippen molar-refractivity contribution in [3.8, 4) is 0 Å². The van der Waals surface area contributed by atoms with E-state index in [9.17, 15) is 14.7 Å². The van der Waals surface area contributed by atoms with Crippen molar-refractivity contribution < 1.29 is 14.7 Å². The van der Waals surface area contributed by atoms with Crippen molar-refractivity contribution in [1.82, 2.24) is 5.01 Å². The van der Waals surface area contributed by atoms with Gasteiger partial charge in [0.25, 0.3) is 0 Å². The van der Waals surface area contributed by atoms with E-state index >= 15 is 0 Å². The van der Waals surface area contributed by atoms with Gasteiger partial charge in [-0.1, -0.05) is 35.9 Å². The lowest BCUT2D eigenvalue weighted by Crippen LogP contribution is -2.29. The van der Waals surface area contributed by atoms with Crippen LogP contribution in [0.25, 0.3) is 0 Å². The molecular formula is C21H21ClN3O3-. The minimum atomic E-state index is -1.25. The summed E-state index contributed by atoms with van der Waals surface area (Å²) in [4.78, 5) is 25.4. The number of amides is 1. The highest BCUT2D eigenvalue weighted by atomic mass is 35.5. The second-order valence-electron chi connectivity index (χ2n) is 6.87. The molecule has 1 heterocycles. The van der Waals surface area contributed by atoms with E-state index in [1.807, 2.05) is 55.4 Å². The molecule has 1 atom stereocenters. The second-order valence-corrected chi connectivity index (χ2v) is 7.31. The van der Waals surface area contributed by atoms with E-state index < -0.39 is 5.97 Å². The Morgan fingerprint density at radius 2 is 1.75 bits per heavy atom. The van der Waals surface area contributed by atoms with E-state index in [1.165, 1.54) is 5.01 Å². The van der Waals surface area contributed by atoms with Crippen molar-refractivity contribution in [2.75, 3.05) is 19.0 Å². The number of carboxylic acids is 1. The highest BCUT2D eigenvalue weighted by Crippen LogP contribution is 2.34. The Labute approximate surface area is 169 Å². The summed E-state index contributed by atoms with van der Waals surface area (Å²) < 4.78 is 0. The van der Waals surface area contributed by atoms with Gasteiger partial charge in [0.2, 0.25) is 5.91 Å². The Bertz CT molecular complexity index is 892. The van der Waals surface area contributed by atoms with Crippen LogP contribution in [0.4, 0.5) is 5.69 Å². The molecule has 28 heavy (non-hydrogen) atoms. The number of anilines is 1. The van der Waals surface area contributed by atoms with E-state index in [1.54, 1.807) is 12.1 Å². The summed E-state index contributed by atoms with van der Waals surface area (Å²) in [6.07, 6.45) is 0.0689. The Morgan fingerprint density at radius 3 is 2.32 bits per heavy atom. The van der Waals surface area contributed by atoms with Crippen LogP contribution in [0.5, 0.6) is 0 Å². The number of nitrogens with zero attached hydrogens (tertiary/aromatic N) is 3. The molecule has 0 saturated heterocycles. The Kier molecular flexibility index (Phi) is 5.99. The van der Waals surface area contributed by atoms with Crippen molar-refractivity contribution in [1.29, 1.82) is 0 Å². The van der Waals surface area contributed by atoms with Crippen LogP contribution >= 0.6 is 11.6 Å². The average molecular weight is 399 g/mol. The fraction of sp³-hybridized carbons (Fsp3) is 0.286. The Morgan fingerprint density at radius 1 is 1.11 bits per heavy atom. The number of carbonyl (C=O) groups is 2. The minimum absolute atomic E-state index is 0.147. The van der Waals surface area contributed by atoms with Crippen molar-refractivity contribution in [3.63, 3.8) is 0 Å². The molecule has 146 valence electrons. The fourth-order valence-corrected chi connectivity index (χ4v) is 3.26. The van der Waals surface area contributed by atoms with Gasteiger partial charge in [0, 0.05) is 43.6 Å². The molecule has 1 aliphatic heterocycles. The van der Waals surface area contributed by atoms with Gasteiger partial charge in [-0.05, 0) is 41.8 Å². The van der Waals surface area contributed by atoms with Crippen LogP contribution in [0.3, 0.4) is 0 Å². The zero-order valence-electron chi connectivity index (χ0n) is 15.8. The molecule has 6 nitrogen and oxygen atoms in total. The number of rotatable bonds is 6. The zero-order chi connectivity index (χ0) is 20.3. The van der Waals surface area contributed by atoms with Gasteiger partial charge in [0.15, 0.2) is 0 Å². The van der Waals surface area contributed by atoms with Gasteiger partial charge in [-0.2, -0.15) is 5.10 Å². The smallest absolute Gasteiger partial charge is 0.243 e. The maximum atomic E-state index is 12.6. The lowest BCUT2D eigenvalue weighted by molar-refractivity contribution is -0.305. The molecule has 7 heteroatoms. The number of aliphatic carboxylic acids is 1. The van der Waals surface area contributed by atoms with Gasteiger partial charge in [-0.15, -0.1) is 0 Å². The minimum Gasteiger partial charge on any atom is -0.550 e. The first kappa shape index (κ1) is 19.9. The third-order valence-corrected chi connectivity index (χ3v) is 4.93. The summed E-state index contributed by atoms with van der Waals surface area (Å²) in [7, 11) is 3.92. The molecule has 0 unspecified atom stereocenters. The molecule has 2 aromatic carbocycles. The molecule has 0 bridgehead atoms. The number of halogens is 1. The molecule has 1 amide bonds. The number of carbonyl (C=O) groups excluding carboxylic acids is 2. The van der Waals surface area contributed by atoms with E-state index in [4.69, 9.17) is 11.6 Å². The van der Waals surface area contributed by atoms with Crippen LogP contribution in [0.15, 0.2) is 53.6 Å². The highest BCUT2D eigenvalue weighted by Gasteiger charge is 2.32. The highest BCUT2D eigenvalue weighted by molar-refractivity contribution is 6.30. The molecule has 0 N–H and O–H groups in total. The maximum Gasteiger partial charge on any atom is 0.243 e. The van der Waals surface area contributed by atoms with Gasteiger partial charge in [-0.3, -0.25) is 4.79 Å². The first-order chi connectivity index (χ1) is 13.3. The van der Waals surface area contributed by atoms with Crippen molar-refractivity contribution in [3.05, 3.63) is 64.7 Å². The van der Waals surface area contributed by atoms with Gasteiger partial charge in [0.1, 0.15) is 0 Å². The number of hydrogen-bond acceptors (Lipinski definition) is 5. The fourth-order valence-electron chi connectivity index (χ4n) is 3.13. The maximum absolute atomic E-state index is 12.6. The predicted molar refractivity (Wildman–Crippen MR) is 107 cm³/mol. The van der Waals surface area contributed by atoms with Crippen molar-refractivity contribution in [2.24, 2.45) is 5.10 Å². The van der Waals surface area contributed by atoms with Crippen LogP contribution in [0, 0.1) is 0 Å². The molecule has 3 rings (SSSR count). The van der Waals surface area contributed by atoms with Crippen LogP contribution in [0.1, 0.15) is 36.4 Å². The Balaban J connectivity index is 1.89. The lowest BCUT2D eigenvalue weighted by atomic mass is 9.98. The summed E-state index contributed by atoms with van der Waals surface area (Å²) in [5, 5.41) is 17.3. The molecule has 0 spiro atoms. The molecule has 2 aromatic rings. The molecule has 0 radical (unpaired) electrons. The van der Waals surface area contributed by atoms with Gasteiger partial charge in [-0.25, -0.2) is 5.01 Å². The normalized spacial score (nSPS) is 16.0. The average Bonchev–Trinajstić information content (AvgIpc) is 3.12. The SMILES string of the molecule is CN(C)c1ccc([C@@H]2CC(c3ccc(Cl)cc3)=NN2C(=O)CCC(=O)[O-])cc1. The number of hydrazone groups is 1. The van der Waals surface area contributed by atoms with Crippen molar-refractivity contribution in [2.45, 2.75) is 25.3 Å². The standard InChI is InChI=1S/C21H22ClN3O3/c1-24(2)17-9-5-15(6-10-17)19-13-18(14-3-7-16(22)8-4-14)23-25(19)20(26)11-12-21(27)28/h3-10,19H,11-13H2,1-2H3,(H,27,28)/p-1/t19-/m0/s1. The number of benzene rings is 2. The first-order valence-electron chi connectivity index (χ1n) is 8.98.